The van der Waals surface area contributed by atoms with E-state index < -0.39 is 18.0 Å². The molecule has 1 heterocycles. The van der Waals surface area contributed by atoms with Gasteiger partial charge in [-0.15, -0.1) is 0 Å². The van der Waals surface area contributed by atoms with Gasteiger partial charge in [0.2, 0.25) is 5.91 Å². The normalized spacial score (nSPS) is 19.6. The molecule has 0 saturated carbocycles. The van der Waals surface area contributed by atoms with Crippen LogP contribution in [0.25, 0.3) is 0 Å². The Morgan fingerprint density at radius 1 is 1.33 bits per heavy atom. The first-order valence-electron chi connectivity index (χ1n) is 7.35. The number of methoxy groups -OCH3 is 1. The van der Waals surface area contributed by atoms with Crippen LogP contribution in [0, 0.1) is 0 Å². The zero-order chi connectivity index (χ0) is 15.7. The summed E-state index contributed by atoms with van der Waals surface area (Å²) in [6, 6.07) is -0.709. The van der Waals surface area contributed by atoms with Gasteiger partial charge in [0, 0.05) is 18.9 Å². The van der Waals surface area contributed by atoms with Gasteiger partial charge in [-0.1, -0.05) is 6.42 Å². The van der Waals surface area contributed by atoms with Gasteiger partial charge >= 0.3 is 11.9 Å². The van der Waals surface area contributed by atoms with Crippen LogP contribution in [0.1, 0.15) is 44.9 Å². The molecule has 1 aliphatic heterocycles. The zero-order valence-electron chi connectivity index (χ0n) is 12.4. The first kappa shape index (κ1) is 17.4. The largest absolute Gasteiger partial charge is 0.480 e. The van der Waals surface area contributed by atoms with E-state index in [2.05, 4.69) is 15.4 Å². The minimum absolute atomic E-state index is 0.0298. The Morgan fingerprint density at radius 2 is 2.10 bits per heavy atom. The van der Waals surface area contributed by atoms with E-state index in [1.165, 1.54) is 7.11 Å². The molecule has 0 radical (unpaired) electrons. The van der Waals surface area contributed by atoms with Crippen LogP contribution < -0.4 is 10.6 Å². The monoisotopic (exact) mass is 300 g/mol. The van der Waals surface area contributed by atoms with Crippen LogP contribution >= 0.6 is 0 Å². The number of amides is 1. The summed E-state index contributed by atoms with van der Waals surface area (Å²) in [5.41, 5.74) is 0. The molecule has 120 valence electrons. The fourth-order valence-corrected chi connectivity index (χ4v) is 2.36. The van der Waals surface area contributed by atoms with E-state index in [0.717, 1.165) is 25.8 Å². The predicted molar refractivity (Wildman–Crippen MR) is 75.7 cm³/mol. The first-order valence-corrected chi connectivity index (χ1v) is 7.35. The maximum atomic E-state index is 11.8. The molecule has 0 aromatic heterocycles. The van der Waals surface area contributed by atoms with Crippen molar-refractivity contribution in [2.75, 3.05) is 13.7 Å². The van der Waals surface area contributed by atoms with Crippen molar-refractivity contribution >= 4 is 17.8 Å². The Hall–Kier alpha value is -1.63. The quantitative estimate of drug-likeness (QED) is 0.562. The molecule has 7 nitrogen and oxygen atoms in total. The summed E-state index contributed by atoms with van der Waals surface area (Å²) in [6.45, 7) is 0.975. The molecule has 1 saturated heterocycles. The summed E-state index contributed by atoms with van der Waals surface area (Å²) in [7, 11) is 1.24. The van der Waals surface area contributed by atoms with Crippen LogP contribution in [-0.2, 0) is 19.1 Å². The second-order valence-electron chi connectivity index (χ2n) is 5.26. The Morgan fingerprint density at radius 3 is 2.67 bits per heavy atom. The van der Waals surface area contributed by atoms with E-state index in [0.29, 0.717) is 18.9 Å². The van der Waals surface area contributed by atoms with Gasteiger partial charge in [0.25, 0.3) is 0 Å². The van der Waals surface area contributed by atoms with Crippen LogP contribution in [0.3, 0.4) is 0 Å². The molecular formula is C14H24N2O5. The van der Waals surface area contributed by atoms with Crippen LogP contribution in [-0.4, -0.2) is 48.7 Å². The van der Waals surface area contributed by atoms with E-state index in [-0.39, 0.29) is 18.7 Å². The fraction of sp³-hybridized carbons (Fsp3) is 0.786. The van der Waals surface area contributed by atoms with Gasteiger partial charge in [-0.3, -0.25) is 9.59 Å². The molecule has 0 spiro atoms. The maximum Gasteiger partial charge on any atom is 0.326 e. The van der Waals surface area contributed by atoms with Crippen LogP contribution in [0.4, 0.5) is 0 Å². The van der Waals surface area contributed by atoms with E-state index >= 15 is 0 Å². The number of piperidine rings is 1. The standard InChI is InChI=1S/C14H24N2O5/c1-21-13(18)8-6-11(14(19)20)16-12(17)7-5-10-4-2-3-9-15-10/h10-11,15H,2-9H2,1H3,(H,16,17)(H,19,20)/t10?,11-/m0/s1. The molecule has 0 aromatic rings. The van der Waals surface area contributed by atoms with Gasteiger partial charge in [-0.25, -0.2) is 4.79 Å². The number of aliphatic carboxylic acids is 1. The smallest absolute Gasteiger partial charge is 0.326 e. The minimum Gasteiger partial charge on any atom is -0.480 e. The summed E-state index contributed by atoms with van der Waals surface area (Å²) in [5.74, 6) is -1.91. The number of carbonyl (C=O) groups is 3. The zero-order valence-corrected chi connectivity index (χ0v) is 12.4. The highest BCUT2D eigenvalue weighted by atomic mass is 16.5. The summed E-state index contributed by atoms with van der Waals surface area (Å²) in [4.78, 5) is 33.9. The van der Waals surface area contributed by atoms with Crippen molar-refractivity contribution in [2.24, 2.45) is 0 Å². The molecule has 1 aliphatic rings. The highest BCUT2D eigenvalue weighted by Crippen LogP contribution is 2.11. The summed E-state index contributed by atoms with van der Waals surface area (Å²) < 4.78 is 4.46. The number of nitrogens with one attached hydrogen (secondary N) is 2. The van der Waals surface area contributed by atoms with Crippen LogP contribution in [0.2, 0.25) is 0 Å². The van der Waals surface area contributed by atoms with Crippen molar-refractivity contribution in [3.05, 3.63) is 0 Å². The molecule has 1 rings (SSSR count). The highest BCUT2D eigenvalue weighted by Gasteiger charge is 2.22. The Balaban J connectivity index is 2.30. The number of esters is 1. The number of rotatable bonds is 8. The maximum absolute atomic E-state index is 11.8. The third-order valence-electron chi connectivity index (χ3n) is 3.63. The number of hydrogen-bond donors (Lipinski definition) is 3. The molecule has 3 N–H and O–H groups in total. The molecule has 0 aliphatic carbocycles. The number of carboxylic acids is 1. The predicted octanol–water partition coefficient (Wildman–Crippen LogP) is 0.431. The molecule has 2 atom stereocenters. The van der Waals surface area contributed by atoms with Crippen molar-refractivity contribution in [3.63, 3.8) is 0 Å². The van der Waals surface area contributed by atoms with Crippen LogP contribution in [0.15, 0.2) is 0 Å². The second-order valence-corrected chi connectivity index (χ2v) is 5.26. The van der Waals surface area contributed by atoms with Crippen molar-refractivity contribution < 1.29 is 24.2 Å². The summed E-state index contributed by atoms with van der Waals surface area (Å²) in [5, 5.41) is 14.8. The van der Waals surface area contributed by atoms with Crippen molar-refractivity contribution in [1.29, 1.82) is 0 Å². The first-order chi connectivity index (χ1) is 10.0. The molecular weight excluding hydrogens is 276 g/mol. The fourth-order valence-electron chi connectivity index (χ4n) is 2.36. The van der Waals surface area contributed by atoms with Gasteiger partial charge in [-0.05, 0) is 32.2 Å². The van der Waals surface area contributed by atoms with E-state index in [4.69, 9.17) is 5.11 Å². The second kappa shape index (κ2) is 9.33. The number of ether oxygens (including phenoxy) is 1. The van der Waals surface area contributed by atoms with Crippen molar-refractivity contribution in [3.8, 4) is 0 Å². The molecule has 7 heteroatoms. The lowest BCUT2D eigenvalue weighted by atomic mass is 10.0. The Labute approximate surface area is 124 Å². The van der Waals surface area contributed by atoms with Gasteiger partial charge < -0.3 is 20.5 Å². The summed E-state index contributed by atoms with van der Waals surface area (Å²) in [6.07, 6.45) is 4.38. The van der Waals surface area contributed by atoms with Crippen LogP contribution in [0.5, 0.6) is 0 Å². The van der Waals surface area contributed by atoms with Gasteiger partial charge in [0.05, 0.1) is 7.11 Å². The van der Waals surface area contributed by atoms with Gasteiger partial charge in [0.15, 0.2) is 0 Å². The Bertz CT molecular complexity index is 366. The molecule has 1 fully saturated rings. The summed E-state index contributed by atoms with van der Waals surface area (Å²) >= 11 is 0. The highest BCUT2D eigenvalue weighted by molar-refractivity contribution is 5.84. The van der Waals surface area contributed by atoms with E-state index in [1.807, 2.05) is 0 Å². The molecule has 0 bridgehead atoms. The van der Waals surface area contributed by atoms with Crippen molar-refractivity contribution in [1.82, 2.24) is 10.6 Å². The van der Waals surface area contributed by atoms with Gasteiger partial charge in [0.1, 0.15) is 6.04 Å². The SMILES string of the molecule is COC(=O)CC[C@H](NC(=O)CCC1CCCCN1)C(=O)O. The number of hydrogen-bond acceptors (Lipinski definition) is 5. The van der Waals surface area contributed by atoms with Gasteiger partial charge in [-0.2, -0.15) is 0 Å². The lowest BCUT2D eigenvalue weighted by Crippen LogP contribution is -2.42. The topological polar surface area (TPSA) is 105 Å². The van der Waals surface area contributed by atoms with E-state index in [1.54, 1.807) is 0 Å². The molecule has 1 amide bonds. The lowest BCUT2D eigenvalue weighted by molar-refractivity contribution is -0.144. The Kier molecular flexibility index (Phi) is 7.74. The third kappa shape index (κ3) is 7.08. The molecule has 1 unspecified atom stereocenters. The molecule has 21 heavy (non-hydrogen) atoms. The average Bonchev–Trinajstić information content (AvgIpc) is 2.49. The average molecular weight is 300 g/mol. The molecule has 0 aromatic carbocycles. The third-order valence-corrected chi connectivity index (χ3v) is 3.63. The number of carboxylic acid groups (broad SMARTS) is 1. The number of carbonyl (C=O) groups excluding carboxylic acids is 2. The lowest BCUT2D eigenvalue weighted by Gasteiger charge is -2.23. The van der Waals surface area contributed by atoms with E-state index in [9.17, 15) is 14.4 Å². The minimum atomic E-state index is -1.14. The van der Waals surface area contributed by atoms with Crippen molar-refractivity contribution in [2.45, 2.75) is 57.0 Å².